The van der Waals surface area contributed by atoms with Gasteiger partial charge in [0.1, 0.15) is 6.04 Å². The van der Waals surface area contributed by atoms with E-state index in [4.69, 9.17) is 5.11 Å². The largest absolute Gasteiger partial charge is 0.481 e. The van der Waals surface area contributed by atoms with E-state index in [9.17, 15) is 24.0 Å². The fourth-order valence-electron chi connectivity index (χ4n) is 4.52. The van der Waals surface area contributed by atoms with Gasteiger partial charge < -0.3 is 20.6 Å². The molecule has 10 heteroatoms. The second-order valence-electron chi connectivity index (χ2n) is 9.34. The first-order chi connectivity index (χ1) is 17.9. The molecule has 37 heavy (non-hydrogen) atoms. The number of anilines is 1. The number of hydrogen-bond donors (Lipinski definition) is 4. The first-order valence-corrected chi connectivity index (χ1v) is 13.3. The molecule has 0 bridgehead atoms. The maximum atomic E-state index is 13.0. The molecule has 1 atom stereocenters. The highest BCUT2D eigenvalue weighted by atomic mass is 16.4. The first-order valence-electron chi connectivity index (χ1n) is 13.3. The molecule has 1 unspecified atom stereocenters. The van der Waals surface area contributed by atoms with Crippen molar-refractivity contribution >= 4 is 35.8 Å². The van der Waals surface area contributed by atoms with Crippen LogP contribution in [0.1, 0.15) is 93.5 Å². The highest BCUT2D eigenvalue weighted by Gasteiger charge is 2.36. The Kier molecular flexibility index (Phi) is 13.2. The van der Waals surface area contributed by atoms with Crippen LogP contribution in [0.3, 0.4) is 0 Å². The number of carboxylic acid groups (broad SMARTS) is 1. The number of imide groups is 1. The number of amides is 4. The standard InChI is InChI=1S/C27H40N4O6/c1-2-11-23(26(36)30-19-32)31-18-21-20(27(31)37)12-9-13-22(21)28-16-7-5-3-4-6-8-17-29-24(33)14-10-15-25(34)35/h9,12-13,19,23,28H,2-8,10-11,14-18H2,1H3,(H,29,33)(H,34,35)(H,30,32,36). The molecule has 2 rings (SSSR count). The molecule has 10 nitrogen and oxygen atoms in total. The van der Waals surface area contributed by atoms with E-state index in [1.807, 2.05) is 19.1 Å². The predicted molar refractivity (Wildman–Crippen MR) is 140 cm³/mol. The number of hydrogen-bond acceptors (Lipinski definition) is 6. The van der Waals surface area contributed by atoms with Crippen molar-refractivity contribution in [3.63, 3.8) is 0 Å². The average molecular weight is 517 g/mol. The summed E-state index contributed by atoms with van der Waals surface area (Å²) >= 11 is 0. The summed E-state index contributed by atoms with van der Waals surface area (Å²) in [5.74, 6) is -1.61. The smallest absolute Gasteiger partial charge is 0.303 e. The number of nitrogens with zero attached hydrogens (tertiary/aromatic N) is 1. The summed E-state index contributed by atoms with van der Waals surface area (Å²) in [5.41, 5.74) is 2.38. The molecule has 0 saturated carbocycles. The summed E-state index contributed by atoms with van der Waals surface area (Å²) in [7, 11) is 0. The molecular formula is C27H40N4O6. The zero-order valence-corrected chi connectivity index (χ0v) is 21.7. The van der Waals surface area contributed by atoms with Crippen molar-refractivity contribution in [2.24, 2.45) is 0 Å². The van der Waals surface area contributed by atoms with Crippen LogP contribution in [0.2, 0.25) is 0 Å². The molecule has 4 N–H and O–H groups in total. The third-order valence-corrected chi connectivity index (χ3v) is 6.47. The third kappa shape index (κ3) is 9.86. The minimum absolute atomic E-state index is 0.0201. The summed E-state index contributed by atoms with van der Waals surface area (Å²) in [4.78, 5) is 59.7. The number of fused-ring (bicyclic) bond motifs is 1. The van der Waals surface area contributed by atoms with Gasteiger partial charge in [-0.15, -0.1) is 0 Å². The van der Waals surface area contributed by atoms with Gasteiger partial charge >= 0.3 is 5.97 Å². The van der Waals surface area contributed by atoms with Gasteiger partial charge in [0, 0.05) is 49.3 Å². The van der Waals surface area contributed by atoms with Crippen molar-refractivity contribution in [2.75, 3.05) is 18.4 Å². The molecule has 0 aromatic heterocycles. The maximum absolute atomic E-state index is 13.0. The molecular weight excluding hydrogens is 476 g/mol. The Morgan fingerprint density at radius 2 is 1.73 bits per heavy atom. The molecule has 1 heterocycles. The molecule has 0 aliphatic carbocycles. The van der Waals surface area contributed by atoms with Crippen LogP contribution in [0.25, 0.3) is 0 Å². The Balaban J connectivity index is 1.66. The van der Waals surface area contributed by atoms with E-state index in [1.165, 1.54) is 0 Å². The van der Waals surface area contributed by atoms with E-state index in [-0.39, 0.29) is 24.7 Å². The van der Waals surface area contributed by atoms with Gasteiger partial charge in [0.05, 0.1) is 0 Å². The summed E-state index contributed by atoms with van der Waals surface area (Å²) in [6.45, 7) is 3.68. The van der Waals surface area contributed by atoms with E-state index in [0.717, 1.165) is 56.3 Å². The van der Waals surface area contributed by atoms with E-state index >= 15 is 0 Å². The summed E-state index contributed by atoms with van der Waals surface area (Å²) in [6.07, 6.45) is 8.38. The molecule has 0 fully saturated rings. The lowest BCUT2D eigenvalue weighted by Crippen LogP contribution is -2.46. The number of aliphatic carboxylic acids is 1. The Hall–Kier alpha value is -3.43. The fourth-order valence-corrected chi connectivity index (χ4v) is 4.52. The van der Waals surface area contributed by atoms with Crippen molar-refractivity contribution < 1.29 is 29.1 Å². The minimum Gasteiger partial charge on any atom is -0.481 e. The van der Waals surface area contributed by atoms with Gasteiger partial charge in [0.15, 0.2) is 0 Å². The second kappa shape index (κ2) is 16.3. The number of carboxylic acids is 1. The molecule has 1 aromatic rings. The van der Waals surface area contributed by atoms with Crippen LogP contribution in [0.4, 0.5) is 5.69 Å². The monoisotopic (exact) mass is 516 g/mol. The third-order valence-electron chi connectivity index (χ3n) is 6.47. The van der Waals surface area contributed by atoms with Crippen molar-refractivity contribution in [1.82, 2.24) is 15.5 Å². The predicted octanol–water partition coefficient (Wildman–Crippen LogP) is 3.21. The lowest BCUT2D eigenvalue weighted by atomic mass is 10.1. The van der Waals surface area contributed by atoms with E-state index in [2.05, 4.69) is 16.0 Å². The number of unbranched alkanes of at least 4 members (excludes halogenated alkanes) is 5. The molecule has 0 spiro atoms. The van der Waals surface area contributed by atoms with E-state index in [1.54, 1.807) is 11.0 Å². The molecule has 1 aliphatic heterocycles. The molecule has 204 valence electrons. The van der Waals surface area contributed by atoms with Crippen molar-refractivity contribution in [2.45, 2.75) is 90.1 Å². The Morgan fingerprint density at radius 3 is 2.41 bits per heavy atom. The van der Waals surface area contributed by atoms with Crippen LogP contribution in [-0.4, -0.2) is 59.2 Å². The molecule has 1 aliphatic rings. The van der Waals surface area contributed by atoms with Crippen molar-refractivity contribution in [3.05, 3.63) is 29.3 Å². The summed E-state index contributed by atoms with van der Waals surface area (Å²) < 4.78 is 0. The maximum Gasteiger partial charge on any atom is 0.303 e. The van der Waals surface area contributed by atoms with Crippen LogP contribution < -0.4 is 16.0 Å². The zero-order chi connectivity index (χ0) is 27.0. The van der Waals surface area contributed by atoms with Crippen LogP contribution in [0.15, 0.2) is 18.2 Å². The lowest BCUT2D eigenvalue weighted by Gasteiger charge is -2.25. The number of rotatable bonds is 19. The normalized spacial score (nSPS) is 13.1. The van der Waals surface area contributed by atoms with Gasteiger partial charge in [-0.05, 0) is 37.8 Å². The SMILES string of the molecule is CCCC(C(=O)NC=O)N1Cc2c(NCCCCCCCCNC(=O)CCCC(=O)O)cccc2C1=O. The summed E-state index contributed by atoms with van der Waals surface area (Å²) in [6, 6.07) is 4.90. The Labute approximate surface area is 218 Å². The van der Waals surface area contributed by atoms with Gasteiger partial charge in [0.2, 0.25) is 18.2 Å². The summed E-state index contributed by atoms with van der Waals surface area (Å²) in [5, 5.41) is 17.0. The Morgan fingerprint density at radius 1 is 1.03 bits per heavy atom. The second-order valence-corrected chi connectivity index (χ2v) is 9.34. The molecule has 0 saturated heterocycles. The van der Waals surface area contributed by atoms with Crippen molar-refractivity contribution in [1.29, 1.82) is 0 Å². The van der Waals surface area contributed by atoms with Crippen molar-refractivity contribution in [3.8, 4) is 0 Å². The average Bonchev–Trinajstić information content (AvgIpc) is 3.20. The highest BCUT2D eigenvalue weighted by molar-refractivity contribution is 6.03. The zero-order valence-electron chi connectivity index (χ0n) is 21.7. The number of carbonyl (C=O) groups is 5. The van der Waals surface area contributed by atoms with Crippen LogP contribution in [0, 0.1) is 0 Å². The topological polar surface area (TPSA) is 145 Å². The number of benzene rings is 1. The quantitative estimate of drug-likeness (QED) is 0.163. The first kappa shape index (κ1) is 29.8. The van der Waals surface area contributed by atoms with Gasteiger partial charge in [-0.3, -0.25) is 29.3 Å². The molecule has 0 radical (unpaired) electrons. The van der Waals surface area contributed by atoms with Gasteiger partial charge in [-0.1, -0.05) is 45.1 Å². The lowest BCUT2D eigenvalue weighted by molar-refractivity contribution is -0.137. The van der Waals surface area contributed by atoms with Gasteiger partial charge in [-0.2, -0.15) is 0 Å². The van der Waals surface area contributed by atoms with Crippen LogP contribution >= 0.6 is 0 Å². The number of nitrogens with one attached hydrogen (secondary N) is 3. The van der Waals surface area contributed by atoms with Crippen LogP contribution in [-0.2, 0) is 25.7 Å². The fraction of sp³-hybridized carbons (Fsp3) is 0.593. The van der Waals surface area contributed by atoms with E-state index < -0.39 is 17.9 Å². The van der Waals surface area contributed by atoms with Gasteiger partial charge in [0.25, 0.3) is 5.91 Å². The Bertz CT molecular complexity index is 935. The molecule has 4 amide bonds. The number of carbonyl (C=O) groups excluding carboxylic acids is 4. The highest BCUT2D eigenvalue weighted by Crippen LogP contribution is 2.31. The van der Waals surface area contributed by atoms with Crippen LogP contribution in [0.5, 0.6) is 0 Å². The minimum atomic E-state index is -0.879. The molecule has 1 aromatic carbocycles. The van der Waals surface area contributed by atoms with E-state index in [0.29, 0.717) is 44.3 Å². The van der Waals surface area contributed by atoms with Gasteiger partial charge in [-0.25, -0.2) is 0 Å².